The Bertz CT molecular complexity index is 751. The third-order valence-electron chi connectivity index (χ3n) is 3.87. The van der Waals surface area contributed by atoms with Crippen LogP contribution in [0.2, 0.25) is 5.02 Å². The number of nitrogens with one attached hydrogen (secondary N) is 2. The minimum atomic E-state index is -0.0956. The summed E-state index contributed by atoms with van der Waals surface area (Å²) in [5.41, 5.74) is 1.70. The molecule has 2 heterocycles. The molecule has 118 valence electrons. The number of rotatable bonds is 4. The molecule has 1 saturated heterocycles. The normalized spacial score (nSPS) is 17.0. The van der Waals surface area contributed by atoms with E-state index in [4.69, 9.17) is 16.9 Å². The van der Waals surface area contributed by atoms with Crippen LogP contribution in [0.25, 0.3) is 11.3 Å². The summed E-state index contributed by atoms with van der Waals surface area (Å²) >= 11 is 5.97. The van der Waals surface area contributed by atoms with Crippen LogP contribution in [0.15, 0.2) is 30.5 Å². The predicted molar refractivity (Wildman–Crippen MR) is 87.6 cm³/mol. The number of likely N-dealkylation sites (tertiary alicyclic amines) is 1. The molecule has 2 N–H and O–H groups in total. The van der Waals surface area contributed by atoms with E-state index in [1.54, 1.807) is 17.2 Å². The minimum absolute atomic E-state index is 0.0956. The number of aromatic amines is 1. The zero-order chi connectivity index (χ0) is 16.2. The molecule has 1 amide bonds. The van der Waals surface area contributed by atoms with Crippen LogP contribution in [0.1, 0.15) is 12.8 Å². The zero-order valence-electron chi connectivity index (χ0n) is 12.4. The summed E-state index contributed by atoms with van der Waals surface area (Å²) in [4.78, 5) is 21.0. The van der Waals surface area contributed by atoms with Crippen molar-refractivity contribution in [3.8, 4) is 17.5 Å². The average molecular weight is 330 g/mol. The molecule has 0 bridgehead atoms. The molecule has 1 aliphatic rings. The monoisotopic (exact) mass is 329 g/mol. The number of anilines is 1. The first-order valence-electron chi connectivity index (χ1n) is 7.39. The fourth-order valence-corrected chi connectivity index (χ4v) is 2.91. The van der Waals surface area contributed by atoms with Gasteiger partial charge in [-0.25, -0.2) is 4.98 Å². The molecule has 0 spiro atoms. The number of nitrogens with zero attached hydrogens (tertiary/aromatic N) is 3. The lowest BCUT2D eigenvalue weighted by molar-refractivity contribution is -0.117. The van der Waals surface area contributed by atoms with E-state index in [9.17, 15) is 4.79 Å². The van der Waals surface area contributed by atoms with Crippen LogP contribution < -0.4 is 5.32 Å². The van der Waals surface area contributed by atoms with Gasteiger partial charge in [-0.05, 0) is 24.5 Å². The first-order chi connectivity index (χ1) is 11.1. The molecular formula is C16H16ClN5O. The summed E-state index contributed by atoms with van der Waals surface area (Å²) in [6, 6.07) is 7.41. The molecule has 1 aliphatic heterocycles. The summed E-state index contributed by atoms with van der Waals surface area (Å²) in [5.74, 6) is 0.541. The van der Waals surface area contributed by atoms with Crippen molar-refractivity contribution in [2.24, 2.45) is 5.92 Å². The second-order valence-electron chi connectivity index (χ2n) is 5.61. The van der Waals surface area contributed by atoms with Crippen molar-refractivity contribution in [1.29, 1.82) is 5.26 Å². The number of halogens is 1. The number of hydrogen-bond acceptors (Lipinski definition) is 4. The van der Waals surface area contributed by atoms with E-state index >= 15 is 0 Å². The number of nitriles is 1. The molecule has 0 unspecified atom stereocenters. The van der Waals surface area contributed by atoms with Gasteiger partial charge in [-0.15, -0.1) is 0 Å². The van der Waals surface area contributed by atoms with Gasteiger partial charge in [0.25, 0.3) is 0 Å². The smallest absolute Gasteiger partial charge is 0.227 e. The summed E-state index contributed by atoms with van der Waals surface area (Å²) in [6.07, 6.45) is 5.04. The Labute approximate surface area is 139 Å². The fourth-order valence-electron chi connectivity index (χ4n) is 2.72. The van der Waals surface area contributed by atoms with E-state index in [1.807, 2.05) is 18.2 Å². The highest BCUT2D eigenvalue weighted by Crippen LogP contribution is 2.23. The van der Waals surface area contributed by atoms with E-state index in [0.29, 0.717) is 23.9 Å². The Hall–Kier alpha value is -2.52. The van der Waals surface area contributed by atoms with Gasteiger partial charge in [0.2, 0.25) is 11.9 Å². The Kier molecular flexibility index (Phi) is 4.49. The van der Waals surface area contributed by atoms with E-state index in [1.165, 1.54) is 0 Å². The lowest BCUT2D eigenvalue weighted by Crippen LogP contribution is -2.19. The topological polar surface area (TPSA) is 84.8 Å². The van der Waals surface area contributed by atoms with Crippen molar-refractivity contribution in [1.82, 2.24) is 14.9 Å². The molecule has 0 aliphatic carbocycles. The predicted octanol–water partition coefficient (Wildman–Crippen LogP) is 2.86. The Balaban J connectivity index is 1.59. The number of H-pyrrole nitrogens is 1. The van der Waals surface area contributed by atoms with E-state index in [2.05, 4.69) is 21.5 Å². The van der Waals surface area contributed by atoms with Gasteiger partial charge in [0.1, 0.15) is 0 Å². The number of carbonyl (C=O) groups is 1. The maximum atomic E-state index is 12.1. The van der Waals surface area contributed by atoms with Crippen LogP contribution in [-0.2, 0) is 4.79 Å². The summed E-state index contributed by atoms with van der Waals surface area (Å²) in [5, 5.41) is 12.2. The van der Waals surface area contributed by atoms with E-state index < -0.39 is 0 Å². The van der Waals surface area contributed by atoms with Crippen LogP contribution in [0.3, 0.4) is 0 Å². The quantitative estimate of drug-likeness (QED) is 0.845. The largest absolute Gasteiger partial charge is 0.324 e. The minimum Gasteiger partial charge on any atom is -0.324 e. The molecule has 3 rings (SSSR count). The average Bonchev–Trinajstić information content (AvgIpc) is 3.16. The van der Waals surface area contributed by atoms with Crippen molar-refractivity contribution in [3.05, 3.63) is 35.5 Å². The first kappa shape index (κ1) is 15.4. The van der Waals surface area contributed by atoms with Gasteiger partial charge < -0.3 is 9.88 Å². The molecule has 7 heteroatoms. The summed E-state index contributed by atoms with van der Waals surface area (Å²) in [6.45, 7) is 1.38. The Morgan fingerprint density at radius 1 is 1.57 bits per heavy atom. The second-order valence-corrected chi connectivity index (χ2v) is 6.05. The highest BCUT2D eigenvalue weighted by Gasteiger charge is 2.24. The van der Waals surface area contributed by atoms with E-state index in [0.717, 1.165) is 24.2 Å². The van der Waals surface area contributed by atoms with Gasteiger partial charge in [-0.3, -0.25) is 10.1 Å². The standard InChI is InChI=1S/C16H16ClN5O/c17-13-3-1-2-12(7-13)14-8-19-16(20-14)21-15(23)6-11-4-5-22(9-11)10-18/h1-3,7-8,11H,4-6,9H2,(H2,19,20,21,23)/t11-/m0/s1. The van der Waals surface area contributed by atoms with Crippen molar-refractivity contribution in [2.45, 2.75) is 12.8 Å². The summed E-state index contributed by atoms with van der Waals surface area (Å²) < 4.78 is 0. The van der Waals surface area contributed by atoms with Gasteiger partial charge in [0, 0.05) is 30.1 Å². The van der Waals surface area contributed by atoms with Crippen molar-refractivity contribution < 1.29 is 4.79 Å². The van der Waals surface area contributed by atoms with Crippen molar-refractivity contribution >= 4 is 23.5 Å². The molecule has 2 aromatic rings. The van der Waals surface area contributed by atoms with Gasteiger partial charge in [-0.2, -0.15) is 5.26 Å². The van der Waals surface area contributed by atoms with Gasteiger partial charge >= 0.3 is 0 Å². The number of carbonyl (C=O) groups excluding carboxylic acids is 1. The summed E-state index contributed by atoms with van der Waals surface area (Å²) in [7, 11) is 0. The third kappa shape index (κ3) is 3.82. The highest BCUT2D eigenvalue weighted by molar-refractivity contribution is 6.30. The van der Waals surface area contributed by atoms with Crippen molar-refractivity contribution in [3.63, 3.8) is 0 Å². The van der Waals surface area contributed by atoms with Crippen LogP contribution >= 0.6 is 11.6 Å². The van der Waals surface area contributed by atoms with Crippen LogP contribution in [0, 0.1) is 17.4 Å². The molecule has 23 heavy (non-hydrogen) atoms. The molecular weight excluding hydrogens is 314 g/mol. The Morgan fingerprint density at radius 3 is 3.17 bits per heavy atom. The lowest BCUT2D eigenvalue weighted by Gasteiger charge is -2.08. The number of hydrogen-bond donors (Lipinski definition) is 2. The molecule has 1 aromatic carbocycles. The van der Waals surface area contributed by atoms with Crippen molar-refractivity contribution in [2.75, 3.05) is 18.4 Å². The zero-order valence-corrected chi connectivity index (χ0v) is 13.2. The Morgan fingerprint density at radius 2 is 2.43 bits per heavy atom. The highest BCUT2D eigenvalue weighted by atomic mass is 35.5. The second kappa shape index (κ2) is 6.71. The van der Waals surface area contributed by atoms with Gasteiger partial charge in [0.05, 0.1) is 11.9 Å². The molecule has 1 atom stereocenters. The number of benzene rings is 1. The number of amides is 1. The fraction of sp³-hybridized carbons (Fsp3) is 0.312. The molecule has 0 saturated carbocycles. The van der Waals surface area contributed by atoms with Crippen LogP contribution in [-0.4, -0.2) is 33.9 Å². The molecule has 1 aromatic heterocycles. The van der Waals surface area contributed by atoms with Crippen LogP contribution in [0.4, 0.5) is 5.95 Å². The molecule has 6 nitrogen and oxygen atoms in total. The molecule has 0 radical (unpaired) electrons. The molecule has 1 fully saturated rings. The van der Waals surface area contributed by atoms with Crippen LogP contribution in [0.5, 0.6) is 0 Å². The number of imidazole rings is 1. The van der Waals surface area contributed by atoms with Gasteiger partial charge in [-0.1, -0.05) is 23.7 Å². The number of aromatic nitrogens is 2. The maximum Gasteiger partial charge on any atom is 0.227 e. The maximum absolute atomic E-state index is 12.1. The SMILES string of the molecule is N#CN1CC[C@@H](CC(=O)Nc2ncc(-c3cccc(Cl)c3)[nH]2)C1. The lowest BCUT2D eigenvalue weighted by atomic mass is 10.0. The van der Waals surface area contributed by atoms with Gasteiger partial charge in [0.15, 0.2) is 6.19 Å². The third-order valence-corrected chi connectivity index (χ3v) is 4.11. The first-order valence-corrected chi connectivity index (χ1v) is 7.77. The van der Waals surface area contributed by atoms with E-state index in [-0.39, 0.29) is 11.8 Å².